The van der Waals surface area contributed by atoms with E-state index in [9.17, 15) is 18.0 Å². The first kappa shape index (κ1) is 15.4. The molecule has 0 aliphatic heterocycles. The van der Waals surface area contributed by atoms with Gasteiger partial charge in [-0.3, -0.25) is 4.79 Å². The molecule has 21 heavy (non-hydrogen) atoms. The largest absolute Gasteiger partial charge is 0.573 e. The Morgan fingerprint density at radius 3 is 2.29 bits per heavy atom. The van der Waals surface area contributed by atoms with Crippen molar-refractivity contribution in [2.75, 3.05) is 6.26 Å². The Morgan fingerprint density at radius 2 is 1.71 bits per heavy atom. The van der Waals surface area contributed by atoms with E-state index in [2.05, 4.69) is 4.74 Å². The van der Waals surface area contributed by atoms with Crippen molar-refractivity contribution in [1.29, 1.82) is 0 Å². The summed E-state index contributed by atoms with van der Waals surface area (Å²) in [6.07, 6.45) is -2.86. The van der Waals surface area contributed by atoms with E-state index in [4.69, 9.17) is 0 Å². The lowest BCUT2D eigenvalue weighted by molar-refractivity contribution is -0.274. The summed E-state index contributed by atoms with van der Waals surface area (Å²) in [7, 11) is 0. The van der Waals surface area contributed by atoms with Gasteiger partial charge in [-0.15, -0.1) is 24.9 Å². The molecule has 2 rings (SSSR count). The highest BCUT2D eigenvalue weighted by molar-refractivity contribution is 7.98. The van der Waals surface area contributed by atoms with Crippen LogP contribution >= 0.6 is 11.8 Å². The van der Waals surface area contributed by atoms with Crippen LogP contribution in [0.3, 0.4) is 0 Å². The van der Waals surface area contributed by atoms with Crippen molar-refractivity contribution < 1.29 is 22.7 Å². The Balaban J connectivity index is 2.24. The summed E-state index contributed by atoms with van der Waals surface area (Å²) in [4.78, 5) is 13.2. The fourth-order valence-corrected chi connectivity index (χ4v) is 2.15. The molecule has 110 valence electrons. The number of alkyl halides is 3. The number of ketones is 1. The van der Waals surface area contributed by atoms with Crippen molar-refractivity contribution in [3.8, 4) is 5.75 Å². The minimum atomic E-state index is -4.78. The Labute approximate surface area is 123 Å². The number of hydrogen-bond acceptors (Lipinski definition) is 3. The average molecular weight is 312 g/mol. The summed E-state index contributed by atoms with van der Waals surface area (Å²) in [6.45, 7) is 0. The number of carbonyl (C=O) groups excluding carboxylic acids is 1. The number of ether oxygens (including phenoxy) is 1. The van der Waals surface area contributed by atoms with Gasteiger partial charge in [-0.1, -0.05) is 12.1 Å². The van der Waals surface area contributed by atoms with Crippen LogP contribution in [0.4, 0.5) is 13.2 Å². The lowest BCUT2D eigenvalue weighted by Crippen LogP contribution is -2.17. The van der Waals surface area contributed by atoms with Gasteiger partial charge >= 0.3 is 6.36 Å². The zero-order chi connectivity index (χ0) is 15.5. The molecule has 0 aromatic heterocycles. The van der Waals surface area contributed by atoms with Gasteiger partial charge in [0.05, 0.1) is 0 Å². The van der Waals surface area contributed by atoms with Crippen LogP contribution in [0.2, 0.25) is 0 Å². The highest BCUT2D eigenvalue weighted by atomic mass is 32.2. The zero-order valence-electron chi connectivity index (χ0n) is 11.0. The summed E-state index contributed by atoms with van der Waals surface area (Å²) in [5.74, 6) is -0.760. The molecule has 0 aliphatic rings. The number of hydrogen-bond donors (Lipinski definition) is 0. The summed E-state index contributed by atoms with van der Waals surface area (Å²) >= 11 is 1.54. The Hall–Kier alpha value is -1.95. The van der Waals surface area contributed by atoms with E-state index >= 15 is 0 Å². The predicted molar refractivity (Wildman–Crippen MR) is 74.8 cm³/mol. The molecule has 2 aromatic rings. The molecule has 0 fully saturated rings. The van der Waals surface area contributed by atoms with Gasteiger partial charge in [-0.05, 0) is 42.7 Å². The molecule has 0 atom stereocenters. The van der Waals surface area contributed by atoms with E-state index in [1.165, 1.54) is 23.9 Å². The fraction of sp³-hybridized carbons (Fsp3) is 0.133. The van der Waals surface area contributed by atoms with Crippen molar-refractivity contribution in [3.05, 3.63) is 59.7 Å². The van der Waals surface area contributed by atoms with Crippen molar-refractivity contribution in [1.82, 2.24) is 0 Å². The van der Waals surface area contributed by atoms with Crippen LogP contribution in [-0.2, 0) is 0 Å². The monoisotopic (exact) mass is 312 g/mol. The fourth-order valence-electron chi connectivity index (χ4n) is 1.74. The molecule has 0 saturated heterocycles. The van der Waals surface area contributed by atoms with Gasteiger partial charge in [0.1, 0.15) is 5.75 Å². The summed E-state index contributed by atoms with van der Waals surface area (Å²) in [5.41, 5.74) is 0.561. The van der Waals surface area contributed by atoms with Gasteiger partial charge in [0.25, 0.3) is 0 Å². The van der Waals surface area contributed by atoms with Crippen LogP contribution < -0.4 is 4.74 Å². The molecule has 0 bridgehead atoms. The summed E-state index contributed by atoms with van der Waals surface area (Å²) in [5, 5.41) is 0. The van der Waals surface area contributed by atoms with Crippen LogP contribution in [0.25, 0.3) is 0 Å². The van der Waals surface area contributed by atoms with Crippen molar-refractivity contribution in [3.63, 3.8) is 0 Å². The second kappa shape index (κ2) is 6.22. The average Bonchev–Trinajstić information content (AvgIpc) is 2.45. The summed E-state index contributed by atoms with van der Waals surface area (Å²) in [6, 6.07) is 11.9. The Bertz CT molecular complexity index is 636. The Kier molecular flexibility index (Phi) is 4.57. The lowest BCUT2D eigenvalue weighted by atomic mass is 10.0. The second-order valence-electron chi connectivity index (χ2n) is 4.13. The highest BCUT2D eigenvalue weighted by Crippen LogP contribution is 2.24. The van der Waals surface area contributed by atoms with Crippen LogP contribution in [0.5, 0.6) is 5.75 Å². The van der Waals surface area contributed by atoms with Crippen molar-refractivity contribution in [2.24, 2.45) is 0 Å². The first-order chi connectivity index (χ1) is 9.89. The van der Waals surface area contributed by atoms with E-state index in [0.717, 1.165) is 17.0 Å². The topological polar surface area (TPSA) is 26.3 Å². The van der Waals surface area contributed by atoms with E-state index in [1.54, 1.807) is 24.3 Å². The smallest absolute Gasteiger partial charge is 0.406 e. The number of rotatable bonds is 4. The number of carbonyl (C=O) groups is 1. The molecular weight excluding hydrogens is 301 g/mol. The van der Waals surface area contributed by atoms with E-state index < -0.39 is 12.1 Å². The number of halogens is 3. The van der Waals surface area contributed by atoms with Crippen molar-refractivity contribution >= 4 is 17.5 Å². The molecule has 0 spiro atoms. The molecular formula is C15H11F3O2S. The van der Waals surface area contributed by atoms with Gasteiger partial charge in [-0.25, -0.2) is 0 Å². The third kappa shape index (κ3) is 4.26. The first-order valence-corrected chi connectivity index (χ1v) is 7.16. The SMILES string of the molecule is CSc1ccc(C(=O)c2cccc(OC(F)(F)F)c2)cc1. The molecule has 2 nitrogen and oxygen atoms in total. The van der Waals surface area contributed by atoms with Gasteiger partial charge in [-0.2, -0.15) is 0 Å². The Morgan fingerprint density at radius 1 is 1.05 bits per heavy atom. The number of thioether (sulfide) groups is 1. The minimum absolute atomic E-state index is 0.147. The van der Waals surface area contributed by atoms with Crippen LogP contribution in [0, 0.1) is 0 Å². The van der Waals surface area contributed by atoms with Gasteiger partial charge in [0, 0.05) is 16.0 Å². The maximum Gasteiger partial charge on any atom is 0.573 e. The third-order valence-electron chi connectivity index (χ3n) is 2.68. The van der Waals surface area contributed by atoms with Crippen LogP contribution in [0.15, 0.2) is 53.4 Å². The molecule has 2 aromatic carbocycles. The van der Waals surface area contributed by atoms with Crippen molar-refractivity contribution in [2.45, 2.75) is 11.3 Å². The second-order valence-corrected chi connectivity index (χ2v) is 5.01. The van der Waals surface area contributed by atoms with Gasteiger partial charge in [0.2, 0.25) is 0 Å². The molecule has 6 heteroatoms. The maximum atomic E-state index is 12.2. The molecule has 0 saturated carbocycles. The van der Waals surface area contributed by atoms with E-state index in [-0.39, 0.29) is 11.3 Å². The predicted octanol–water partition coefficient (Wildman–Crippen LogP) is 4.54. The molecule has 0 unspecified atom stereocenters. The molecule has 0 radical (unpaired) electrons. The van der Waals surface area contributed by atoms with Crippen LogP contribution in [-0.4, -0.2) is 18.4 Å². The zero-order valence-corrected chi connectivity index (χ0v) is 11.8. The standard InChI is InChI=1S/C15H11F3O2S/c1-21-13-7-5-10(6-8-13)14(19)11-3-2-4-12(9-11)20-15(16,17)18/h2-9H,1H3. The molecule has 0 heterocycles. The van der Waals surface area contributed by atoms with Gasteiger partial charge < -0.3 is 4.74 Å². The third-order valence-corrected chi connectivity index (χ3v) is 3.43. The van der Waals surface area contributed by atoms with E-state index in [1.807, 2.05) is 6.26 Å². The molecule has 0 N–H and O–H groups in total. The maximum absolute atomic E-state index is 12.2. The molecule has 0 aliphatic carbocycles. The first-order valence-electron chi connectivity index (χ1n) is 5.93. The normalized spacial score (nSPS) is 11.2. The highest BCUT2D eigenvalue weighted by Gasteiger charge is 2.31. The molecule has 0 amide bonds. The van der Waals surface area contributed by atoms with Crippen LogP contribution in [0.1, 0.15) is 15.9 Å². The summed E-state index contributed by atoms with van der Waals surface area (Å²) < 4.78 is 40.3. The minimum Gasteiger partial charge on any atom is -0.406 e. The van der Waals surface area contributed by atoms with Gasteiger partial charge in [0.15, 0.2) is 5.78 Å². The number of benzene rings is 2. The lowest BCUT2D eigenvalue weighted by Gasteiger charge is -2.09. The quantitative estimate of drug-likeness (QED) is 0.612. The van der Waals surface area contributed by atoms with E-state index in [0.29, 0.717) is 5.56 Å².